The van der Waals surface area contributed by atoms with Crippen LogP contribution in [0.5, 0.6) is 0 Å². The van der Waals surface area contributed by atoms with E-state index in [2.05, 4.69) is 36.1 Å². The van der Waals surface area contributed by atoms with Crippen molar-refractivity contribution in [2.24, 2.45) is 0 Å². The number of amides is 1. The molecule has 0 aromatic carbocycles. The average Bonchev–Trinajstić information content (AvgIpc) is 2.01. The van der Waals surface area contributed by atoms with Crippen molar-refractivity contribution in [2.75, 3.05) is 5.32 Å². The normalized spacial score (nSPS) is 11.1. The molecule has 1 N–H and O–H groups in total. The summed E-state index contributed by atoms with van der Waals surface area (Å²) in [5, 5.41) is 2.60. The van der Waals surface area contributed by atoms with E-state index in [1.807, 2.05) is 0 Å². The highest BCUT2D eigenvalue weighted by Crippen LogP contribution is 2.19. The van der Waals surface area contributed by atoms with E-state index in [0.717, 1.165) is 5.69 Å². The number of aromatic nitrogens is 2. The number of anilines is 1. The van der Waals surface area contributed by atoms with Gasteiger partial charge in [0, 0.05) is 18.5 Å². The van der Waals surface area contributed by atoms with Crippen molar-refractivity contribution >= 4 is 11.7 Å². The highest BCUT2D eigenvalue weighted by atomic mass is 16.1. The van der Waals surface area contributed by atoms with Gasteiger partial charge in [-0.05, 0) is 0 Å². The highest BCUT2D eigenvalue weighted by molar-refractivity contribution is 5.87. The van der Waals surface area contributed by atoms with Gasteiger partial charge in [-0.2, -0.15) is 0 Å². The Hall–Kier alpha value is -1.45. The SMILES string of the molecule is CC(=O)Nc1cncc(C(C)(C)C)n1. The Morgan fingerprint density at radius 3 is 2.50 bits per heavy atom. The molecular weight excluding hydrogens is 178 g/mol. The summed E-state index contributed by atoms with van der Waals surface area (Å²) in [5.74, 6) is 0.371. The average molecular weight is 193 g/mol. The Labute approximate surface area is 83.8 Å². The topological polar surface area (TPSA) is 54.9 Å². The van der Waals surface area contributed by atoms with Crippen LogP contribution in [0.2, 0.25) is 0 Å². The standard InChI is InChI=1S/C10H15N3O/c1-7(14)12-9-6-11-5-8(13-9)10(2,3)4/h5-6H,1-4H3,(H,12,13,14). The van der Waals surface area contributed by atoms with Crippen molar-refractivity contribution in [3.05, 3.63) is 18.1 Å². The van der Waals surface area contributed by atoms with Gasteiger partial charge in [-0.15, -0.1) is 0 Å². The second-order valence-corrected chi connectivity index (χ2v) is 4.22. The lowest BCUT2D eigenvalue weighted by molar-refractivity contribution is -0.114. The summed E-state index contributed by atoms with van der Waals surface area (Å²) in [5.41, 5.74) is 0.810. The van der Waals surface area contributed by atoms with E-state index >= 15 is 0 Å². The lowest BCUT2D eigenvalue weighted by Gasteiger charge is -2.17. The van der Waals surface area contributed by atoms with Gasteiger partial charge in [0.25, 0.3) is 0 Å². The minimum Gasteiger partial charge on any atom is -0.310 e. The van der Waals surface area contributed by atoms with Crippen LogP contribution in [0.1, 0.15) is 33.4 Å². The Morgan fingerprint density at radius 1 is 1.36 bits per heavy atom. The first-order valence-corrected chi connectivity index (χ1v) is 4.50. The van der Waals surface area contributed by atoms with E-state index in [1.165, 1.54) is 13.1 Å². The molecule has 0 aliphatic carbocycles. The zero-order valence-corrected chi connectivity index (χ0v) is 8.96. The lowest BCUT2D eigenvalue weighted by atomic mass is 9.93. The maximum absolute atomic E-state index is 10.8. The molecule has 1 aromatic rings. The summed E-state index contributed by atoms with van der Waals surface area (Å²) in [7, 11) is 0. The zero-order valence-electron chi connectivity index (χ0n) is 8.96. The molecule has 0 aliphatic rings. The molecule has 0 atom stereocenters. The summed E-state index contributed by atoms with van der Waals surface area (Å²) in [4.78, 5) is 19.1. The summed E-state index contributed by atoms with van der Waals surface area (Å²) >= 11 is 0. The van der Waals surface area contributed by atoms with Gasteiger partial charge in [0.1, 0.15) is 0 Å². The van der Waals surface area contributed by atoms with Crippen LogP contribution in [-0.2, 0) is 10.2 Å². The fourth-order valence-corrected chi connectivity index (χ4v) is 0.968. The minimum atomic E-state index is -0.134. The van der Waals surface area contributed by atoms with Gasteiger partial charge in [0.2, 0.25) is 5.91 Å². The van der Waals surface area contributed by atoms with E-state index in [0.29, 0.717) is 5.82 Å². The molecule has 0 unspecified atom stereocenters. The monoisotopic (exact) mass is 193 g/mol. The van der Waals surface area contributed by atoms with Crippen LogP contribution in [0.25, 0.3) is 0 Å². The lowest BCUT2D eigenvalue weighted by Crippen LogP contribution is -2.16. The molecule has 1 aromatic heterocycles. The van der Waals surface area contributed by atoms with Crippen LogP contribution in [-0.4, -0.2) is 15.9 Å². The third-order valence-electron chi connectivity index (χ3n) is 1.71. The number of carbonyl (C=O) groups is 1. The summed E-state index contributed by atoms with van der Waals surface area (Å²) < 4.78 is 0. The van der Waals surface area contributed by atoms with E-state index in [1.54, 1.807) is 6.20 Å². The molecule has 0 saturated heterocycles. The molecule has 0 radical (unpaired) electrons. The van der Waals surface area contributed by atoms with Crippen molar-refractivity contribution < 1.29 is 4.79 Å². The van der Waals surface area contributed by atoms with E-state index < -0.39 is 0 Å². The minimum absolute atomic E-state index is 0.0541. The van der Waals surface area contributed by atoms with Crippen LogP contribution < -0.4 is 5.32 Å². The second kappa shape index (κ2) is 3.74. The van der Waals surface area contributed by atoms with Crippen LogP contribution in [0.3, 0.4) is 0 Å². The highest BCUT2D eigenvalue weighted by Gasteiger charge is 2.16. The van der Waals surface area contributed by atoms with Crippen LogP contribution >= 0.6 is 0 Å². The van der Waals surface area contributed by atoms with Crippen LogP contribution in [0, 0.1) is 0 Å². The Balaban J connectivity index is 2.95. The fourth-order valence-electron chi connectivity index (χ4n) is 0.968. The first kappa shape index (κ1) is 10.6. The molecule has 4 nitrogen and oxygen atoms in total. The Bertz CT molecular complexity index is 341. The van der Waals surface area contributed by atoms with Gasteiger partial charge in [-0.3, -0.25) is 9.78 Å². The molecule has 76 valence electrons. The molecular formula is C10H15N3O. The molecule has 1 amide bonds. The quantitative estimate of drug-likeness (QED) is 0.739. The first-order chi connectivity index (χ1) is 6.39. The number of hydrogen-bond acceptors (Lipinski definition) is 3. The molecule has 4 heteroatoms. The summed E-state index contributed by atoms with van der Waals surface area (Å²) in [6.07, 6.45) is 3.25. The molecule has 0 spiro atoms. The van der Waals surface area contributed by atoms with E-state index in [9.17, 15) is 4.79 Å². The largest absolute Gasteiger partial charge is 0.310 e. The van der Waals surface area contributed by atoms with Gasteiger partial charge in [0.15, 0.2) is 5.82 Å². The number of carbonyl (C=O) groups excluding carboxylic acids is 1. The molecule has 0 saturated carbocycles. The van der Waals surface area contributed by atoms with Crippen LogP contribution in [0.4, 0.5) is 5.82 Å². The molecule has 0 bridgehead atoms. The smallest absolute Gasteiger partial charge is 0.222 e. The van der Waals surface area contributed by atoms with E-state index in [-0.39, 0.29) is 11.3 Å². The number of nitrogens with zero attached hydrogens (tertiary/aromatic N) is 2. The zero-order chi connectivity index (χ0) is 10.8. The summed E-state index contributed by atoms with van der Waals surface area (Å²) in [6.45, 7) is 7.60. The molecule has 1 heterocycles. The molecule has 0 fully saturated rings. The number of hydrogen-bond donors (Lipinski definition) is 1. The van der Waals surface area contributed by atoms with Gasteiger partial charge in [-0.25, -0.2) is 4.98 Å². The van der Waals surface area contributed by atoms with Gasteiger partial charge >= 0.3 is 0 Å². The number of nitrogens with one attached hydrogen (secondary N) is 1. The molecule has 14 heavy (non-hydrogen) atoms. The van der Waals surface area contributed by atoms with Crippen molar-refractivity contribution in [3.8, 4) is 0 Å². The maximum Gasteiger partial charge on any atom is 0.222 e. The predicted molar refractivity (Wildman–Crippen MR) is 55.0 cm³/mol. The van der Waals surface area contributed by atoms with Crippen molar-refractivity contribution in [3.63, 3.8) is 0 Å². The fraction of sp³-hybridized carbons (Fsp3) is 0.500. The van der Waals surface area contributed by atoms with Gasteiger partial charge in [-0.1, -0.05) is 20.8 Å². The molecule has 0 aliphatic heterocycles. The van der Waals surface area contributed by atoms with Crippen LogP contribution in [0.15, 0.2) is 12.4 Å². The third-order valence-corrected chi connectivity index (χ3v) is 1.71. The predicted octanol–water partition coefficient (Wildman–Crippen LogP) is 1.73. The Kier molecular flexibility index (Phi) is 2.84. The first-order valence-electron chi connectivity index (χ1n) is 4.50. The summed E-state index contributed by atoms with van der Waals surface area (Å²) in [6, 6.07) is 0. The van der Waals surface area contributed by atoms with Crippen molar-refractivity contribution in [1.82, 2.24) is 9.97 Å². The van der Waals surface area contributed by atoms with Crippen molar-refractivity contribution in [2.45, 2.75) is 33.1 Å². The van der Waals surface area contributed by atoms with Gasteiger partial charge in [0.05, 0.1) is 11.9 Å². The molecule has 1 rings (SSSR count). The number of rotatable bonds is 1. The van der Waals surface area contributed by atoms with Gasteiger partial charge < -0.3 is 5.32 Å². The Morgan fingerprint density at radius 2 is 2.00 bits per heavy atom. The maximum atomic E-state index is 10.8. The van der Waals surface area contributed by atoms with E-state index in [4.69, 9.17) is 0 Å². The third kappa shape index (κ3) is 2.80. The second-order valence-electron chi connectivity index (χ2n) is 4.22. The van der Waals surface area contributed by atoms with Crippen molar-refractivity contribution in [1.29, 1.82) is 0 Å².